The molecule has 2 atom stereocenters. The SMILES string of the molecule is Cc1ccc(C(=O)NCCCCC(=O)N2CCC3C2C(=O)CN3S(=O)(=O)c2ccccn2)cc1. The summed E-state index contributed by atoms with van der Waals surface area (Å²) in [5.41, 5.74) is 1.67. The molecule has 10 heteroatoms. The predicted octanol–water partition coefficient (Wildman–Crippen LogP) is 1.53. The second-order valence-corrected chi connectivity index (χ2v) is 10.5. The van der Waals surface area contributed by atoms with Gasteiger partial charge in [-0.3, -0.25) is 14.4 Å². The Balaban J connectivity index is 1.28. The van der Waals surface area contributed by atoms with E-state index in [1.165, 1.54) is 21.5 Å². The molecule has 2 aliphatic rings. The zero-order valence-electron chi connectivity index (χ0n) is 19.0. The first-order valence-corrected chi connectivity index (χ1v) is 12.8. The molecule has 4 rings (SSSR count). The van der Waals surface area contributed by atoms with Gasteiger partial charge in [0.1, 0.15) is 6.04 Å². The average molecular weight is 485 g/mol. The molecule has 3 heterocycles. The van der Waals surface area contributed by atoms with Gasteiger partial charge in [0.05, 0.1) is 12.6 Å². The predicted molar refractivity (Wildman–Crippen MR) is 124 cm³/mol. The Bertz CT molecular complexity index is 1170. The fourth-order valence-corrected chi connectivity index (χ4v) is 6.11. The minimum absolute atomic E-state index is 0.0964. The number of hydrogen-bond acceptors (Lipinski definition) is 6. The minimum Gasteiger partial charge on any atom is -0.352 e. The highest BCUT2D eigenvalue weighted by Crippen LogP contribution is 2.33. The van der Waals surface area contributed by atoms with Crippen molar-refractivity contribution in [3.05, 3.63) is 59.8 Å². The summed E-state index contributed by atoms with van der Waals surface area (Å²) in [4.78, 5) is 43.1. The molecule has 9 nitrogen and oxygen atoms in total. The molecule has 2 saturated heterocycles. The molecule has 0 aliphatic carbocycles. The van der Waals surface area contributed by atoms with Crippen LogP contribution in [0.5, 0.6) is 0 Å². The van der Waals surface area contributed by atoms with Gasteiger partial charge in [-0.25, -0.2) is 13.4 Å². The van der Waals surface area contributed by atoms with Crippen molar-refractivity contribution in [1.29, 1.82) is 0 Å². The van der Waals surface area contributed by atoms with E-state index in [1.807, 2.05) is 19.1 Å². The molecular formula is C24H28N4O5S. The Kier molecular flexibility index (Phi) is 7.08. The molecule has 1 aromatic heterocycles. The Hall–Kier alpha value is -3.11. The number of carbonyl (C=O) groups is 3. The van der Waals surface area contributed by atoms with Crippen LogP contribution in [0.4, 0.5) is 0 Å². The van der Waals surface area contributed by atoms with E-state index in [4.69, 9.17) is 0 Å². The van der Waals surface area contributed by atoms with Crippen molar-refractivity contribution in [3.8, 4) is 0 Å². The monoisotopic (exact) mass is 484 g/mol. The number of fused-ring (bicyclic) bond motifs is 1. The lowest BCUT2D eigenvalue weighted by Crippen LogP contribution is -2.43. The van der Waals surface area contributed by atoms with Gasteiger partial charge in [-0.1, -0.05) is 23.8 Å². The van der Waals surface area contributed by atoms with Crippen LogP contribution in [0.25, 0.3) is 0 Å². The second-order valence-electron chi connectivity index (χ2n) is 8.65. The van der Waals surface area contributed by atoms with Gasteiger partial charge in [0, 0.05) is 31.3 Å². The number of ketones is 1. The van der Waals surface area contributed by atoms with Gasteiger partial charge in [-0.2, -0.15) is 4.31 Å². The van der Waals surface area contributed by atoms with Crippen LogP contribution in [-0.2, 0) is 19.6 Å². The second kappa shape index (κ2) is 10.0. The number of amides is 2. The Labute approximate surface area is 199 Å². The van der Waals surface area contributed by atoms with Crippen molar-refractivity contribution in [2.24, 2.45) is 0 Å². The van der Waals surface area contributed by atoms with E-state index in [0.717, 1.165) is 5.56 Å². The van der Waals surface area contributed by atoms with Gasteiger partial charge in [0.15, 0.2) is 10.8 Å². The molecule has 2 fully saturated rings. The summed E-state index contributed by atoms with van der Waals surface area (Å²) in [6.45, 7) is 2.50. The zero-order chi connectivity index (χ0) is 24.3. The minimum atomic E-state index is -3.91. The number of nitrogens with zero attached hydrogens (tertiary/aromatic N) is 3. The number of nitrogens with one attached hydrogen (secondary N) is 1. The smallest absolute Gasteiger partial charge is 0.261 e. The normalized spacial score (nSPS) is 20.4. The highest BCUT2D eigenvalue weighted by atomic mass is 32.2. The topological polar surface area (TPSA) is 117 Å². The molecule has 2 aliphatic heterocycles. The number of sulfonamides is 1. The number of benzene rings is 1. The quantitative estimate of drug-likeness (QED) is 0.568. The number of pyridine rings is 1. The maximum absolute atomic E-state index is 13.0. The maximum Gasteiger partial charge on any atom is 0.261 e. The Morgan fingerprint density at radius 2 is 1.88 bits per heavy atom. The van der Waals surface area contributed by atoms with Crippen molar-refractivity contribution in [1.82, 2.24) is 19.5 Å². The summed E-state index contributed by atoms with van der Waals surface area (Å²) in [6, 6.07) is 10.6. The number of rotatable bonds is 8. The zero-order valence-corrected chi connectivity index (χ0v) is 19.8. The van der Waals surface area contributed by atoms with Crippen LogP contribution in [0.15, 0.2) is 53.7 Å². The van der Waals surface area contributed by atoms with Crippen LogP contribution in [0.3, 0.4) is 0 Å². The maximum atomic E-state index is 13.0. The molecule has 180 valence electrons. The van der Waals surface area contributed by atoms with Crippen LogP contribution in [0.2, 0.25) is 0 Å². The average Bonchev–Trinajstić information content (AvgIpc) is 3.41. The van der Waals surface area contributed by atoms with E-state index in [9.17, 15) is 22.8 Å². The largest absolute Gasteiger partial charge is 0.352 e. The molecule has 2 aromatic rings. The van der Waals surface area contributed by atoms with E-state index < -0.39 is 22.1 Å². The standard InChI is InChI=1S/C24H28N4O5S/c1-17-8-10-18(11-9-17)24(31)26-14-5-3-7-22(30)27-15-12-19-23(27)20(29)16-28(19)34(32,33)21-6-2-4-13-25-21/h2,4,6,8-11,13,19,23H,3,5,7,12,14-16H2,1H3,(H,26,31). The van der Waals surface area contributed by atoms with E-state index in [-0.39, 0.29) is 35.6 Å². The summed E-state index contributed by atoms with van der Waals surface area (Å²) in [5.74, 6) is -0.581. The molecule has 1 aromatic carbocycles. The molecule has 0 bridgehead atoms. The molecule has 0 spiro atoms. The lowest BCUT2D eigenvalue weighted by molar-refractivity contribution is -0.136. The van der Waals surface area contributed by atoms with Crippen molar-refractivity contribution in [2.75, 3.05) is 19.6 Å². The first-order valence-electron chi connectivity index (χ1n) is 11.4. The molecule has 1 N–H and O–H groups in total. The van der Waals surface area contributed by atoms with Crippen LogP contribution >= 0.6 is 0 Å². The summed E-state index contributed by atoms with van der Waals surface area (Å²) in [5, 5.41) is 2.75. The first kappa shape index (κ1) is 24.0. The van der Waals surface area contributed by atoms with E-state index >= 15 is 0 Å². The van der Waals surface area contributed by atoms with Gasteiger partial charge >= 0.3 is 0 Å². The molecule has 34 heavy (non-hydrogen) atoms. The fourth-order valence-electron chi connectivity index (χ4n) is 4.55. The third-order valence-electron chi connectivity index (χ3n) is 6.33. The van der Waals surface area contributed by atoms with Gasteiger partial charge in [0.25, 0.3) is 15.9 Å². The molecular weight excluding hydrogens is 456 g/mol. The van der Waals surface area contributed by atoms with Crippen molar-refractivity contribution >= 4 is 27.6 Å². The van der Waals surface area contributed by atoms with Gasteiger partial charge in [-0.15, -0.1) is 0 Å². The van der Waals surface area contributed by atoms with E-state index in [1.54, 1.807) is 24.3 Å². The Morgan fingerprint density at radius 3 is 2.59 bits per heavy atom. The number of hydrogen-bond donors (Lipinski definition) is 1. The highest BCUT2D eigenvalue weighted by molar-refractivity contribution is 7.89. The summed E-state index contributed by atoms with van der Waals surface area (Å²) >= 11 is 0. The summed E-state index contributed by atoms with van der Waals surface area (Å²) < 4.78 is 27.2. The van der Waals surface area contributed by atoms with Crippen molar-refractivity contribution < 1.29 is 22.8 Å². The van der Waals surface area contributed by atoms with Crippen molar-refractivity contribution in [2.45, 2.75) is 49.7 Å². The van der Waals surface area contributed by atoms with Gasteiger partial charge in [-0.05, 0) is 50.5 Å². The first-order chi connectivity index (χ1) is 16.3. The van der Waals surface area contributed by atoms with Crippen LogP contribution in [0, 0.1) is 6.92 Å². The third kappa shape index (κ3) is 4.88. The highest BCUT2D eigenvalue weighted by Gasteiger charge is 2.53. The van der Waals surface area contributed by atoms with E-state index in [0.29, 0.717) is 37.9 Å². The number of Topliss-reactive ketones (excluding diaryl/α,β-unsaturated/α-hetero) is 1. The van der Waals surface area contributed by atoms with E-state index in [2.05, 4.69) is 10.3 Å². The third-order valence-corrected chi connectivity index (χ3v) is 8.11. The molecule has 2 amide bonds. The molecule has 0 saturated carbocycles. The van der Waals surface area contributed by atoms with Crippen LogP contribution in [0.1, 0.15) is 41.6 Å². The number of likely N-dealkylation sites (tertiary alicyclic amines) is 1. The van der Waals surface area contributed by atoms with Crippen molar-refractivity contribution in [3.63, 3.8) is 0 Å². The summed E-state index contributed by atoms with van der Waals surface area (Å²) in [7, 11) is -3.91. The number of unbranched alkanes of at least 4 members (excludes halogenated alkanes) is 1. The lowest BCUT2D eigenvalue weighted by Gasteiger charge is -2.24. The van der Waals surface area contributed by atoms with Gasteiger partial charge < -0.3 is 10.2 Å². The van der Waals surface area contributed by atoms with Gasteiger partial charge in [0.2, 0.25) is 5.91 Å². The summed E-state index contributed by atoms with van der Waals surface area (Å²) in [6.07, 6.45) is 3.24. The molecule has 2 unspecified atom stereocenters. The fraction of sp³-hybridized carbons (Fsp3) is 0.417. The lowest BCUT2D eigenvalue weighted by atomic mass is 10.1. The number of carbonyl (C=O) groups excluding carboxylic acids is 3. The van der Waals surface area contributed by atoms with Crippen LogP contribution < -0.4 is 5.32 Å². The number of aromatic nitrogens is 1. The van der Waals surface area contributed by atoms with Crippen LogP contribution in [-0.4, -0.2) is 71.9 Å². The number of aryl methyl sites for hydroxylation is 1. The molecule has 0 radical (unpaired) electrons. The Morgan fingerprint density at radius 1 is 1.12 bits per heavy atom.